The van der Waals surface area contributed by atoms with Gasteiger partial charge in [-0.2, -0.15) is 11.8 Å². The minimum absolute atomic E-state index is 0.0881. The first-order chi connectivity index (χ1) is 9.08. The van der Waals surface area contributed by atoms with E-state index in [2.05, 4.69) is 11.6 Å². The maximum absolute atomic E-state index is 12.5. The van der Waals surface area contributed by atoms with Gasteiger partial charge in [0.15, 0.2) is 0 Å². The van der Waals surface area contributed by atoms with Crippen LogP contribution in [0.4, 0.5) is 0 Å². The molecule has 2 fully saturated rings. The van der Waals surface area contributed by atoms with Gasteiger partial charge in [0.2, 0.25) is 5.91 Å². The molecule has 2 aliphatic rings. The molecule has 2 aliphatic carbocycles. The number of amides is 1. The van der Waals surface area contributed by atoms with Gasteiger partial charge in [-0.1, -0.05) is 25.1 Å². The summed E-state index contributed by atoms with van der Waals surface area (Å²) in [5.41, 5.74) is 5.30. The highest BCUT2D eigenvalue weighted by atomic mass is 32.2. The first-order valence-electron chi connectivity index (χ1n) is 7.22. The van der Waals surface area contributed by atoms with Gasteiger partial charge in [-0.25, -0.2) is 0 Å². The van der Waals surface area contributed by atoms with Crippen molar-refractivity contribution < 1.29 is 4.79 Å². The van der Waals surface area contributed by atoms with Crippen molar-refractivity contribution in [3.8, 4) is 0 Å². The van der Waals surface area contributed by atoms with Crippen LogP contribution in [0, 0.1) is 5.41 Å². The molecule has 2 rings (SSSR count). The molecule has 0 aromatic carbocycles. The molecule has 0 radical (unpaired) electrons. The zero-order valence-corrected chi connectivity index (χ0v) is 13.2. The Hall–Kier alpha value is -0.290. The highest BCUT2D eigenvalue weighted by molar-refractivity contribution is 7.99. The van der Waals surface area contributed by atoms with Gasteiger partial charge in [0.25, 0.3) is 0 Å². The van der Waals surface area contributed by atoms with Crippen LogP contribution in [0.5, 0.6) is 0 Å². The van der Waals surface area contributed by atoms with Gasteiger partial charge in [-0.3, -0.25) is 4.79 Å². The average molecular weight is 300 g/mol. The highest BCUT2D eigenvalue weighted by Gasteiger charge is 2.44. The van der Waals surface area contributed by atoms with E-state index in [0.717, 1.165) is 43.8 Å². The van der Waals surface area contributed by atoms with Crippen LogP contribution < -0.4 is 11.1 Å². The van der Waals surface area contributed by atoms with Crippen LogP contribution in [0.2, 0.25) is 0 Å². The number of thioether (sulfide) groups is 1. The van der Waals surface area contributed by atoms with Crippen molar-refractivity contribution in [1.82, 2.24) is 5.32 Å². The number of carbonyl (C=O) groups excluding carboxylic acids is 1. The maximum Gasteiger partial charge on any atom is 0.233 e. The van der Waals surface area contributed by atoms with Gasteiger partial charge < -0.3 is 11.1 Å². The zero-order chi connectivity index (χ0) is 13.9. The van der Waals surface area contributed by atoms with Crippen molar-refractivity contribution in [2.24, 2.45) is 11.1 Å². The molecule has 19 heavy (non-hydrogen) atoms. The predicted octanol–water partition coefficient (Wildman–Crippen LogP) is 2.62. The molecule has 2 saturated carbocycles. The van der Waals surface area contributed by atoms with E-state index in [4.69, 9.17) is 18.0 Å². The van der Waals surface area contributed by atoms with E-state index in [9.17, 15) is 4.79 Å². The van der Waals surface area contributed by atoms with Crippen LogP contribution in [0.1, 0.15) is 51.4 Å². The predicted molar refractivity (Wildman–Crippen MR) is 85.4 cm³/mol. The fourth-order valence-electron chi connectivity index (χ4n) is 3.33. The molecule has 0 spiro atoms. The Balaban J connectivity index is 1.92. The second-order valence-electron chi connectivity index (χ2n) is 5.84. The van der Waals surface area contributed by atoms with E-state index in [1.807, 2.05) is 11.8 Å². The number of hydrogen-bond donors (Lipinski definition) is 2. The normalized spacial score (nSPS) is 29.9. The van der Waals surface area contributed by atoms with E-state index in [1.165, 1.54) is 12.8 Å². The first kappa shape index (κ1) is 15.1. The molecule has 0 aliphatic heterocycles. The SMILES string of the molecule is CSC1CCC(NC(=O)C2(C(N)=S)CCCC2)CC1. The van der Waals surface area contributed by atoms with E-state index >= 15 is 0 Å². The summed E-state index contributed by atoms with van der Waals surface area (Å²) in [6, 6.07) is 0.322. The van der Waals surface area contributed by atoms with Gasteiger partial charge in [0.05, 0.1) is 10.4 Å². The van der Waals surface area contributed by atoms with Crippen molar-refractivity contribution in [1.29, 1.82) is 0 Å². The minimum atomic E-state index is -0.550. The van der Waals surface area contributed by atoms with Gasteiger partial charge in [0.1, 0.15) is 0 Å². The van der Waals surface area contributed by atoms with E-state index < -0.39 is 5.41 Å². The van der Waals surface area contributed by atoms with Gasteiger partial charge in [-0.15, -0.1) is 0 Å². The Labute approximate surface area is 125 Å². The van der Waals surface area contributed by atoms with E-state index in [0.29, 0.717) is 11.0 Å². The molecule has 3 N–H and O–H groups in total. The summed E-state index contributed by atoms with van der Waals surface area (Å²) in [5, 5.41) is 3.98. The largest absolute Gasteiger partial charge is 0.392 e. The fourth-order valence-corrected chi connectivity index (χ4v) is 4.37. The van der Waals surface area contributed by atoms with Gasteiger partial charge in [-0.05, 0) is 44.8 Å². The summed E-state index contributed by atoms with van der Waals surface area (Å²) < 4.78 is 0. The molecule has 0 unspecified atom stereocenters. The Morgan fingerprint density at radius 3 is 2.32 bits per heavy atom. The van der Waals surface area contributed by atoms with Crippen molar-refractivity contribution in [2.75, 3.05) is 6.26 Å². The van der Waals surface area contributed by atoms with E-state index in [1.54, 1.807) is 0 Å². The van der Waals surface area contributed by atoms with Crippen molar-refractivity contribution in [2.45, 2.75) is 62.7 Å². The second-order valence-corrected chi connectivity index (χ2v) is 7.41. The van der Waals surface area contributed by atoms with Crippen molar-refractivity contribution in [3.63, 3.8) is 0 Å². The maximum atomic E-state index is 12.5. The summed E-state index contributed by atoms with van der Waals surface area (Å²) in [6.07, 6.45) is 10.5. The van der Waals surface area contributed by atoms with Gasteiger partial charge >= 0.3 is 0 Å². The lowest BCUT2D eigenvalue weighted by atomic mass is 9.84. The van der Waals surface area contributed by atoms with Crippen LogP contribution >= 0.6 is 24.0 Å². The Morgan fingerprint density at radius 1 is 1.26 bits per heavy atom. The molecule has 0 aromatic heterocycles. The molecular formula is C14H24N2OS2. The lowest BCUT2D eigenvalue weighted by Gasteiger charge is -2.32. The molecule has 0 bridgehead atoms. The smallest absolute Gasteiger partial charge is 0.233 e. The Morgan fingerprint density at radius 2 is 1.84 bits per heavy atom. The number of rotatable bonds is 4. The average Bonchev–Trinajstić information content (AvgIpc) is 2.90. The first-order valence-corrected chi connectivity index (χ1v) is 8.92. The monoisotopic (exact) mass is 300 g/mol. The quantitative estimate of drug-likeness (QED) is 0.784. The molecule has 5 heteroatoms. The molecule has 1 amide bonds. The lowest BCUT2D eigenvalue weighted by molar-refractivity contribution is -0.128. The van der Waals surface area contributed by atoms with Gasteiger partial charge in [0, 0.05) is 11.3 Å². The molecule has 3 nitrogen and oxygen atoms in total. The molecule has 0 saturated heterocycles. The summed E-state index contributed by atoms with van der Waals surface area (Å²) in [5.74, 6) is 0.0881. The standard InChI is InChI=1S/C14H24N2OS2/c1-19-11-6-4-10(5-7-11)16-13(17)14(12(15)18)8-2-3-9-14/h10-11H,2-9H2,1H3,(H2,15,18)(H,16,17). The third kappa shape index (κ3) is 3.24. The number of thiocarbonyl (C=S) groups is 1. The third-order valence-corrected chi connectivity index (χ3v) is 6.23. The summed E-state index contributed by atoms with van der Waals surface area (Å²) in [4.78, 5) is 12.9. The number of nitrogens with one attached hydrogen (secondary N) is 1. The summed E-state index contributed by atoms with van der Waals surface area (Å²) in [7, 11) is 0. The molecule has 108 valence electrons. The Bertz CT molecular complexity index is 345. The Kier molecular flexibility index (Phi) is 5.12. The number of nitrogens with two attached hydrogens (primary N) is 1. The molecule has 0 atom stereocenters. The van der Waals surface area contributed by atoms with Crippen LogP contribution in [-0.2, 0) is 4.79 Å². The molecular weight excluding hydrogens is 276 g/mol. The van der Waals surface area contributed by atoms with Crippen LogP contribution in [-0.4, -0.2) is 28.4 Å². The number of hydrogen-bond acceptors (Lipinski definition) is 3. The van der Waals surface area contributed by atoms with Crippen molar-refractivity contribution in [3.05, 3.63) is 0 Å². The lowest BCUT2D eigenvalue weighted by Crippen LogP contribution is -2.51. The summed E-state index contributed by atoms with van der Waals surface area (Å²) >= 11 is 7.11. The molecule has 0 heterocycles. The topological polar surface area (TPSA) is 55.1 Å². The second kappa shape index (κ2) is 6.44. The third-order valence-electron chi connectivity index (χ3n) is 4.71. The summed E-state index contributed by atoms with van der Waals surface area (Å²) in [6.45, 7) is 0. The van der Waals surface area contributed by atoms with Crippen LogP contribution in [0.25, 0.3) is 0 Å². The highest BCUT2D eigenvalue weighted by Crippen LogP contribution is 2.39. The van der Waals surface area contributed by atoms with Crippen molar-refractivity contribution >= 4 is 34.9 Å². The number of carbonyl (C=O) groups is 1. The van der Waals surface area contributed by atoms with E-state index in [-0.39, 0.29) is 5.91 Å². The minimum Gasteiger partial charge on any atom is -0.392 e. The molecule has 0 aromatic rings. The fraction of sp³-hybridized carbons (Fsp3) is 0.857. The van der Waals surface area contributed by atoms with Crippen LogP contribution in [0.3, 0.4) is 0 Å². The van der Waals surface area contributed by atoms with Crippen LogP contribution in [0.15, 0.2) is 0 Å². The zero-order valence-electron chi connectivity index (χ0n) is 11.6.